The Morgan fingerprint density at radius 3 is 1.51 bits per heavy atom. The molecule has 9 aromatic carbocycles. The van der Waals surface area contributed by atoms with Crippen LogP contribution in [-0.4, -0.2) is 16.7 Å². The summed E-state index contributed by atoms with van der Waals surface area (Å²) in [6, 6.07) is 57.4. The predicted molar refractivity (Wildman–Crippen MR) is 230 cm³/mol. The minimum atomic E-state index is -0.0338. The number of methoxy groups -OCH3 is 1. The van der Waals surface area contributed by atoms with Crippen LogP contribution < -0.4 is 15.9 Å². The summed E-state index contributed by atoms with van der Waals surface area (Å²) in [6.45, 7) is 0.500. The van der Waals surface area contributed by atoms with Crippen molar-refractivity contribution in [1.29, 1.82) is 0 Å². The van der Waals surface area contributed by atoms with Crippen LogP contribution in [0.1, 0.15) is 5.56 Å². The molecule has 2 heterocycles. The molecular weight excluding hydrogens is 677 g/mol. The van der Waals surface area contributed by atoms with Crippen LogP contribution in [0, 0.1) is 0 Å². The van der Waals surface area contributed by atoms with Crippen LogP contribution in [0.2, 0.25) is 0 Å². The molecule has 11 rings (SSSR count). The number of ether oxygens (including phenoxy) is 1. The number of H-pyrrole nitrogens is 1. The molecule has 262 valence electrons. The van der Waals surface area contributed by atoms with E-state index in [0.29, 0.717) is 6.54 Å². The van der Waals surface area contributed by atoms with Gasteiger partial charge in [0, 0.05) is 37.8 Å². The summed E-state index contributed by atoms with van der Waals surface area (Å²) in [7, 11) is 1.66. The Balaban J connectivity index is 0.000000143. The largest absolute Gasteiger partial charge is 0.497 e. The Labute approximate surface area is 315 Å². The number of aromatic amines is 1. The van der Waals surface area contributed by atoms with Gasteiger partial charge in [-0.1, -0.05) is 133 Å². The summed E-state index contributed by atoms with van der Waals surface area (Å²) >= 11 is 0. The molecule has 11 aromatic rings. The lowest BCUT2D eigenvalue weighted by molar-refractivity contribution is 0.414. The molecule has 0 aliphatic rings. The fourth-order valence-corrected chi connectivity index (χ4v) is 8.36. The van der Waals surface area contributed by atoms with Crippen LogP contribution >= 0.6 is 0 Å². The molecule has 0 saturated carbocycles. The van der Waals surface area contributed by atoms with E-state index in [1.54, 1.807) is 7.11 Å². The number of hydrogen-bond donors (Lipinski definition) is 1. The highest BCUT2D eigenvalue weighted by molar-refractivity contribution is 6.27. The number of hydrogen-bond acceptors (Lipinski definition) is 3. The van der Waals surface area contributed by atoms with Crippen molar-refractivity contribution < 1.29 is 4.74 Å². The van der Waals surface area contributed by atoms with Crippen molar-refractivity contribution in [1.82, 2.24) is 9.55 Å². The van der Waals surface area contributed by atoms with E-state index < -0.39 is 0 Å². The third-order valence-electron chi connectivity index (χ3n) is 11.0. The number of aromatic nitrogens is 2. The molecule has 5 heteroatoms. The van der Waals surface area contributed by atoms with Gasteiger partial charge in [0.25, 0.3) is 11.1 Å². The van der Waals surface area contributed by atoms with Gasteiger partial charge < -0.3 is 14.3 Å². The molecule has 0 fully saturated rings. The molecule has 0 saturated heterocycles. The third-order valence-corrected chi connectivity index (χ3v) is 11.0. The van der Waals surface area contributed by atoms with Gasteiger partial charge in [-0.15, -0.1) is 0 Å². The van der Waals surface area contributed by atoms with Crippen molar-refractivity contribution in [2.24, 2.45) is 0 Å². The van der Waals surface area contributed by atoms with E-state index >= 15 is 0 Å². The van der Waals surface area contributed by atoms with E-state index in [1.807, 2.05) is 95.6 Å². The number of fused-ring (bicyclic) bond motifs is 14. The highest BCUT2D eigenvalue weighted by Gasteiger charge is 2.16. The number of rotatable bonds is 3. The van der Waals surface area contributed by atoms with Crippen molar-refractivity contribution >= 4 is 86.4 Å². The predicted octanol–water partition coefficient (Wildman–Crippen LogP) is 11.5. The monoisotopic (exact) mass is 710 g/mol. The zero-order chi connectivity index (χ0) is 37.0. The first kappa shape index (κ1) is 32.4. The molecule has 55 heavy (non-hydrogen) atoms. The standard InChI is InChI=1S/C29H21NO2.C21H13NO/c1-32-22-14-10-19(11-15-22)18-30-26-17-13-21-7-3-5-9-24(21)28(26)27-23-8-4-2-6-20(23)12-16-25(27)29(30)31;23-21-17-11-9-13-5-1-3-7-15(13)19(17)20-16-8-4-2-6-14(16)10-12-18(20)22-21/h2-17H,18H2,1H3;1-12H,(H,22,23). The van der Waals surface area contributed by atoms with Crippen LogP contribution in [0.15, 0.2) is 179 Å². The van der Waals surface area contributed by atoms with Gasteiger partial charge in [0.15, 0.2) is 0 Å². The smallest absolute Gasteiger partial charge is 0.259 e. The van der Waals surface area contributed by atoms with Crippen LogP contribution in [0.25, 0.3) is 86.4 Å². The van der Waals surface area contributed by atoms with Gasteiger partial charge >= 0.3 is 0 Å². The lowest BCUT2D eigenvalue weighted by Gasteiger charge is -2.17. The summed E-state index contributed by atoms with van der Waals surface area (Å²) in [5, 5.41) is 15.0. The minimum absolute atomic E-state index is 0.0318. The molecule has 0 aliphatic heterocycles. The molecule has 5 nitrogen and oxygen atoms in total. The average molecular weight is 711 g/mol. The zero-order valence-corrected chi connectivity index (χ0v) is 30.0. The maximum Gasteiger partial charge on any atom is 0.259 e. The van der Waals surface area contributed by atoms with Crippen molar-refractivity contribution in [3.8, 4) is 5.75 Å². The topological polar surface area (TPSA) is 64.1 Å². The number of pyridine rings is 2. The second-order valence-electron chi connectivity index (χ2n) is 14.0. The highest BCUT2D eigenvalue weighted by Crippen LogP contribution is 2.36. The van der Waals surface area contributed by atoms with Gasteiger partial charge in [0.05, 0.1) is 19.2 Å². The van der Waals surface area contributed by atoms with Crippen LogP contribution in [0.5, 0.6) is 5.75 Å². The molecule has 0 unspecified atom stereocenters. The second-order valence-corrected chi connectivity index (χ2v) is 14.0. The Morgan fingerprint density at radius 2 is 0.927 bits per heavy atom. The first-order valence-electron chi connectivity index (χ1n) is 18.4. The molecule has 0 radical (unpaired) electrons. The first-order chi connectivity index (χ1) is 27.1. The molecule has 0 amide bonds. The van der Waals surface area contributed by atoms with E-state index in [4.69, 9.17) is 4.74 Å². The molecule has 1 N–H and O–H groups in total. The van der Waals surface area contributed by atoms with E-state index in [2.05, 4.69) is 83.8 Å². The lowest BCUT2D eigenvalue weighted by atomic mass is 9.95. The quantitative estimate of drug-likeness (QED) is 0.186. The maximum absolute atomic E-state index is 13.8. The highest BCUT2D eigenvalue weighted by atomic mass is 16.5. The lowest BCUT2D eigenvalue weighted by Crippen LogP contribution is -2.21. The molecule has 0 atom stereocenters. The van der Waals surface area contributed by atoms with Gasteiger partial charge in [-0.05, 0) is 85.1 Å². The fraction of sp³-hybridized carbons (Fsp3) is 0.0400. The van der Waals surface area contributed by atoms with Gasteiger partial charge in [-0.2, -0.15) is 0 Å². The molecular formula is C50H34N2O3. The SMILES string of the molecule is COc1ccc(Cn2c(=O)c3ccc4ccccc4c3c3c4ccccc4ccc32)cc1.O=c1[nH]c2ccc3ccccc3c2c2c1ccc1ccccc12. The van der Waals surface area contributed by atoms with Gasteiger partial charge in [-0.25, -0.2) is 0 Å². The van der Waals surface area contributed by atoms with Gasteiger partial charge in [0.1, 0.15) is 5.75 Å². The van der Waals surface area contributed by atoms with Crippen molar-refractivity contribution in [2.45, 2.75) is 6.54 Å². The van der Waals surface area contributed by atoms with E-state index in [0.717, 1.165) is 81.6 Å². The van der Waals surface area contributed by atoms with E-state index in [1.165, 1.54) is 16.2 Å². The van der Waals surface area contributed by atoms with Crippen molar-refractivity contribution in [3.05, 3.63) is 196 Å². The second kappa shape index (κ2) is 13.0. The molecule has 2 aromatic heterocycles. The van der Waals surface area contributed by atoms with Gasteiger partial charge in [-0.3, -0.25) is 9.59 Å². The summed E-state index contributed by atoms with van der Waals surface area (Å²) in [6.07, 6.45) is 0. The van der Waals surface area contributed by atoms with Crippen LogP contribution in [-0.2, 0) is 6.54 Å². The summed E-state index contributed by atoms with van der Waals surface area (Å²) in [5.41, 5.74) is 2.89. The molecule has 0 aliphatic carbocycles. The minimum Gasteiger partial charge on any atom is -0.497 e. The number of benzene rings is 9. The summed E-state index contributed by atoms with van der Waals surface area (Å²) in [5.74, 6) is 0.807. The van der Waals surface area contributed by atoms with E-state index in [-0.39, 0.29) is 11.1 Å². The van der Waals surface area contributed by atoms with Crippen LogP contribution in [0.4, 0.5) is 0 Å². The summed E-state index contributed by atoms with van der Waals surface area (Å²) < 4.78 is 7.20. The Bertz CT molecular complexity index is 3430. The summed E-state index contributed by atoms with van der Waals surface area (Å²) in [4.78, 5) is 29.3. The van der Waals surface area contributed by atoms with Gasteiger partial charge in [0.2, 0.25) is 0 Å². The Hall–Kier alpha value is -7.24. The first-order valence-corrected chi connectivity index (χ1v) is 18.4. The average Bonchev–Trinajstić information content (AvgIpc) is 3.24. The molecule has 0 spiro atoms. The fourth-order valence-electron chi connectivity index (χ4n) is 8.36. The van der Waals surface area contributed by atoms with Crippen LogP contribution in [0.3, 0.4) is 0 Å². The number of nitrogens with one attached hydrogen (secondary N) is 1. The molecule has 0 bridgehead atoms. The van der Waals surface area contributed by atoms with E-state index in [9.17, 15) is 9.59 Å². The number of nitrogens with zero attached hydrogens (tertiary/aromatic N) is 1. The maximum atomic E-state index is 13.8. The van der Waals surface area contributed by atoms with Crippen molar-refractivity contribution in [2.75, 3.05) is 7.11 Å². The van der Waals surface area contributed by atoms with Crippen molar-refractivity contribution in [3.63, 3.8) is 0 Å². The Kier molecular flexibility index (Phi) is 7.67. The Morgan fingerprint density at radius 1 is 0.455 bits per heavy atom. The third kappa shape index (κ3) is 5.32. The normalized spacial score (nSPS) is 11.6. The zero-order valence-electron chi connectivity index (χ0n) is 30.0.